The molecule has 0 saturated heterocycles. The highest BCUT2D eigenvalue weighted by Gasteiger charge is 2.22. The molecule has 0 spiro atoms. The van der Waals surface area contributed by atoms with Crippen molar-refractivity contribution in [1.82, 2.24) is 4.98 Å². The van der Waals surface area contributed by atoms with Crippen molar-refractivity contribution in [3.63, 3.8) is 0 Å². The average molecular weight is 318 g/mol. The lowest BCUT2D eigenvalue weighted by atomic mass is 9.93. The van der Waals surface area contributed by atoms with Crippen LogP contribution in [0.4, 0.5) is 14.5 Å². The van der Waals surface area contributed by atoms with Crippen molar-refractivity contribution < 1.29 is 18.4 Å². The highest BCUT2D eigenvalue weighted by molar-refractivity contribution is 6.06. The number of ketones is 1. The quantitative estimate of drug-likeness (QED) is 0.892. The molecule has 1 aromatic heterocycles. The molecule has 3 rings (SSSR count). The lowest BCUT2D eigenvalue weighted by Crippen LogP contribution is -2.27. The Morgan fingerprint density at radius 3 is 2.61 bits per heavy atom. The molecule has 118 valence electrons. The van der Waals surface area contributed by atoms with Crippen LogP contribution in [0.3, 0.4) is 0 Å². The number of aryl methyl sites for hydroxylation is 1. The van der Waals surface area contributed by atoms with E-state index in [0.29, 0.717) is 30.5 Å². The number of fused-ring (bicyclic) bond motifs is 1. The Balaban J connectivity index is 1.93. The number of aromatic nitrogens is 1. The number of Topliss-reactive ketones (excluding diaryl/α,β-unsaturated/α-hetero) is 1. The van der Waals surface area contributed by atoms with Crippen LogP contribution in [0, 0.1) is 11.6 Å². The summed E-state index contributed by atoms with van der Waals surface area (Å²) in [5.41, 5.74) is -0.0125. The van der Waals surface area contributed by atoms with E-state index in [9.17, 15) is 23.2 Å². The predicted octanol–water partition coefficient (Wildman–Crippen LogP) is 2.42. The molecule has 1 aromatic carbocycles. The molecule has 7 heteroatoms. The summed E-state index contributed by atoms with van der Waals surface area (Å²) in [5, 5.41) is 2.31. The fraction of sp³-hybridized carbons (Fsp3) is 0.188. The maximum atomic E-state index is 13.1. The molecule has 0 bridgehead atoms. The number of pyridine rings is 1. The second kappa shape index (κ2) is 5.75. The van der Waals surface area contributed by atoms with Gasteiger partial charge in [-0.25, -0.2) is 8.78 Å². The zero-order valence-electron chi connectivity index (χ0n) is 11.9. The Morgan fingerprint density at radius 2 is 1.87 bits per heavy atom. The van der Waals surface area contributed by atoms with Crippen molar-refractivity contribution in [3.8, 4) is 0 Å². The normalized spacial score (nSPS) is 13.6. The van der Waals surface area contributed by atoms with Gasteiger partial charge >= 0.3 is 0 Å². The number of carbonyl (C=O) groups is 2. The summed E-state index contributed by atoms with van der Waals surface area (Å²) in [4.78, 5) is 38.6. The first kappa shape index (κ1) is 15.1. The van der Waals surface area contributed by atoms with Gasteiger partial charge in [0.1, 0.15) is 5.56 Å². The summed E-state index contributed by atoms with van der Waals surface area (Å²) in [6.07, 6.45) is 1.59. The number of aromatic amines is 1. The van der Waals surface area contributed by atoms with Gasteiger partial charge in [-0.15, -0.1) is 0 Å². The molecule has 0 fully saturated rings. The van der Waals surface area contributed by atoms with Crippen LogP contribution in [0.2, 0.25) is 0 Å². The molecule has 0 aliphatic heterocycles. The zero-order valence-corrected chi connectivity index (χ0v) is 11.9. The van der Waals surface area contributed by atoms with Gasteiger partial charge in [0.15, 0.2) is 17.4 Å². The molecule has 5 nitrogen and oxygen atoms in total. The number of hydrogen-bond acceptors (Lipinski definition) is 3. The average Bonchev–Trinajstić information content (AvgIpc) is 2.50. The van der Waals surface area contributed by atoms with Crippen molar-refractivity contribution in [2.24, 2.45) is 0 Å². The summed E-state index contributed by atoms with van der Waals surface area (Å²) in [6.45, 7) is 0. The molecule has 0 unspecified atom stereocenters. The predicted molar refractivity (Wildman–Crippen MR) is 78.6 cm³/mol. The van der Waals surface area contributed by atoms with E-state index in [2.05, 4.69) is 10.3 Å². The number of rotatable bonds is 2. The number of nitrogens with one attached hydrogen (secondary N) is 2. The lowest BCUT2D eigenvalue weighted by molar-refractivity contribution is 0.0971. The summed E-state index contributed by atoms with van der Waals surface area (Å²) in [6, 6.07) is 4.11. The van der Waals surface area contributed by atoms with Crippen molar-refractivity contribution >= 4 is 17.4 Å². The molecule has 0 saturated carbocycles. The van der Waals surface area contributed by atoms with E-state index in [4.69, 9.17) is 0 Å². The first-order chi connectivity index (χ1) is 11.0. The van der Waals surface area contributed by atoms with Crippen molar-refractivity contribution in [2.75, 3.05) is 5.32 Å². The number of H-pyrrole nitrogens is 1. The van der Waals surface area contributed by atoms with Crippen molar-refractivity contribution in [1.29, 1.82) is 0 Å². The fourth-order valence-corrected chi connectivity index (χ4v) is 2.52. The molecule has 1 amide bonds. The number of anilines is 1. The maximum Gasteiger partial charge on any atom is 0.261 e. The molecule has 2 aromatic rings. The van der Waals surface area contributed by atoms with E-state index in [-0.39, 0.29) is 17.0 Å². The van der Waals surface area contributed by atoms with E-state index in [1.165, 1.54) is 12.1 Å². The number of amides is 1. The summed E-state index contributed by atoms with van der Waals surface area (Å²) in [5.74, 6) is -3.08. The Morgan fingerprint density at radius 1 is 1.09 bits per heavy atom. The summed E-state index contributed by atoms with van der Waals surface area (Å²) < 4.78 is 26.0. The van der Waals surface area contributed by atoms with Crippen LogP contribution in [0.25, 0.3) is 0 Å². The minimum atomic E-state index is -1.11. The van der Waals surface area contributed by atoms with Gasteiger partial charge in [-0.05, 0) is 31.0 Å². The smallest absolute Gasteiger partial charge is 0.261 e. The van der Waals surface area contributed by atoms with E-state index >= 15 is 0 Å². The fourth-order valence-electron chi connectivity index (χ4n) is 2.52. The van der Waals surface area contributed by atoms with Gasteiger partial charge in [0, 0.05) is 29.4 Å². The topological polar surface area (TPSA) is 79.0 Å². The minimum Gasteiger partial charge on any atom is -0.325 e. The minimum absolute atomic E-state index is 0.0114. The number of hydrogen-bond donors (Lipinski definition) is 2. The van der Waals surface area contributed by atoms with Gasteiger partial charge in [-0.3, -0.25) is 14.4 Å². The highest BCUT2D eigenvalue weighted by Crippen LogP contribution is 2.19. The number of carbonyl (C=O) groups excluding carboxylic acids is 2. The van der Waals surface area contributed by atoms with E-state index < -0.39 is 23.1 Å². The van der Waals surface area contributed by atoms with E-state index in [1.54, 1.807) is 0 Å². The van der Waals surface area contributed by atoms with Gasteiger partial charge in [-0.2, -0.15) is 0 Å². The van der Waals surface area contributed by atoms with Gasteiger partial charge in [0.05, 0.1) is 0 Å². The van der Waals surface area contributed by atoms with Crippen LogP contribution in [-0.2, 0) is 6.42 Å². The summed E-state index contributed by atoms with van der Waals surface area (Å²) in [7, 11) is 0. The van der Waals surface area contributed by atoms with Gasteiger partial charge in [0.25, 0.3) is 11.5 Å². The maximum absolute atomic E-state index is 13.1. The molecule has 1 aliphatic rings. The molecule has 2 N–H and O–H groups in total. The largest absolute Gasteiger partial charge is 0.325 e. The molecule has 1 aliphatic carbocycles. The van der Waals surface area contributed by atoms with Crippen molar-refractivity contribution in [3.05, 3.63) is 63.1 Å². The molecular formula is C16H12F2N2O3. The summed E-state index contributed by atoms with van der Waals surface area (Å²) >= 11 is 0. The molecule has 23 heavy (non-hydrogen) atoms. The first-order valence-corrected chi connectivity index (χ1v) is 7.01. The lowest BCUT2D eigenvalue weighted by Gasteiger charge is -2.15. The number of halogens is 2. The third kappa shape index (κ3) is 2.90. The Labute approximate surface area is 129 Å². The number of benzene rings is 1. The van der Waals surface area contributed by atoms with Crippen LogP contribution in [0.5, 0.6) is 0 Å². The Hall–Kier alpha value is -2.83. The highest BCUT2D eigenvalue weighted by atomic mass is 19.2. The first-order valence-electron chi connectivity index (χ1n) is 7.01. The zero-order chi connectivity index (χ0) is 16.6. The van der Waals surface area contributed by atoms with Crippen LogP contribution < -0.4 is 10.9 Å². The van der Waals surface area contributed by atoms with E-state index in [0.717, 1.165) is 12.1 Å². The van der Waals surface area contributed by atoms with Gasteiger partial charge in [-0.1, -0.05) is 0 Å². The molecule has 0 radical (unpaired) electrons. The molecular weight excluding hydrogens is 306 g/mol. The Kier molecular flexibility index (Phi) is 3.77. The third-order valence-corrected chi connectivity index (χ3v) is 3.68. The van der Waals surface area contributed by atoms with Crippen LogP contribution >= 0.6 is 0 Å². The standard InChI is InChI=1S/C16H12F2N2O3/c17-11-5-4-8(6-12(11)18)19-15(22)10-7-9-13(20-16(10)23)2-1-3-14(9)21/h4-7H,1-3H2,(H,19,22)(H,20,23). The van der Waals surface area contributed by atoms with E-state index in [1.807, 2.05) is 0 Å². The van der Waals surface area contributed by atoms with Crippen LogP contribution in [-0.4, -0.2) is 16.7 Å². The SMILES string of the molecule is O=C1CCCc2[nH]c(=O)c(C(=O)Nc3ccc(F)c(F)c3)cc21. The van der Waals surface area contributed by atoms with Crippen LogP contribution in [0.1, 0.15) is 39.3 Å². The molecule has 0 atom stereocenters. The Bertz CT molecular complexity index is 874. The van der Waals surface area contributed by atoms with Gasteiger partial charge < -0.3 is 10.3 Å². The van der Waals surface area contributed by atoms with Gasteiger partial charge in [0.2, 0.25) is 0 Å². The third-order valence-electron chi connectivity index (χ3n) is 3.68. The van der Waals surface area contributed by atoms with Crippen molar-refractivity contribution in [2.45, 2.75) is 19.3 Å². The second-order valence-electron chi connectivity index (χ2n) is 5.26. The molecule has 1 heterocycles. The monoisotopic (exact) mass is 318 g/mol. The second-order valence-corrected chi connectivity index (χ2v) is 5.26. The van der Waals surface area contributed by atoms with Crippen LogP contribution in [0.15, 0.2) is 29.1 Å².